The largest absolute Gasteiger partial charge is 0.439 e. The summed E-state index contributed by atoms with van der Waals surface area (Å²) in [5.41, 5.74) is -0.635. The van der Waals surface area contributed by atoms with Gasteiger partial charge in [0.25, 0.3) is 10.1 Å². The first kappa shape index (κ1) is 29.9. The van der Waals surface area contributed by atoms with Crippen molar-refractivity contribution in [3.63, 3.8) is 0 Å². The van der Waals surface area contributed by atoms with E-state index in [1.807, 2.05) is 38.1 Å². The second kappa shape index (κ2) is 11.4. The van der Waals surface area contributed by atoms with E-state index in [2.05, 4.69) is 24.5 Å². The maximum absolute atomic E-state index is 13.4. The van der Waals surface area contributed by atoms with Crippen LogP contribution in [0.1, 0.15) is 59.4 Å². The van der Waals surface area contributed by atoms with Gasteiger partial charge in [0.15, 0.2) is 11.5 Å². The fraction of sp³-hybridized carbons (Fsp3) is 0.625. The van der Waals surface area contributed by atoms with Gasteiger partial charge in [0.2, 0.25) is 5.91 Å². The molecule has 3 N–H and O–H groups in total. The molecule has 1 aliphatic heterocycles. The van der Waals surface area contributed by atoms with E-state index in [0.717, 1.165) is 6.42 Å². The fourth-order valence-electron chi connectivity index (χ4n) is 4.51. The zero-order chi connectivity index (χ0) is 27.5. The van der Waals surface area contributed by atoms with Crippen LogP contribution in [-0.4, -0.2) is 66.4 Å². The summed E-state index contributed by atoms with van der Waals surface area (Å²) in [5.74, 6) is -2.68. The lowest BCUT2D eigenvalue weighted by Crippen LogP contribution is -2.59. The van der Waals surface area contributed by atoms with E-state index in [1.54, 1.807) is 4.90 Å². The molecule has 2 unspecified atom stereocenters. The summed E-state index contributed by atoms with van der Waals surface area (Å²) < 4.78 is 35.4. The Kier molecular flexibility index (Phi) is 9.41. The van der Waals surface area contributed by atoms with Gasteiger partial charge in [0.1, 0.15) is 6.04 Å². The van der Waals surface area contributed by atoms with Crippen molar-refractivity contribution in [3.05, 3.63) is 34.9 Å². The Morgan fingerprint density at radius 3 is 2.31 bits per heavy atom. The molecule has 0 bridgehead atoms. The van der Waals surface area contributed by atoms with E-state index in [1.165, 1.54) is 19.4 Å². The number of benzene rings is 1. The van der Waals surface area contributed by atoms with Gasteiger partial charge in [-0.15, -0.1) is 0 Å². The number of carbonyl (C=O) groups excluding carboxylic acids is 3. The molecule has 1 aromatic rings. The third-order valence-corrected chi connectivity index (χ3v) is 6.97. The summed E-state index contributed by atoms with van der Waals surface area (Å²) in [7, 11) is -4.57. The van der Waals surface area contributed by atoms with Crippen molar-refractivity contribution in [1.29, 1.82) is 0 Å². The molecule has 1 fully saturated rings. The van der Waals surface area contributed by atoms with Crippen LogP contribution in [0.2, 0.25) is 5.02 Å². The minimum atomic E-state index is -4.57. The van der Waals surface area contributed by atoms with Gasteiger partial charge in [-0.1, -0.05) is 51.4 Å². The van der Waals surface area contributed by atoms with Crippen LogP contribution in [0.5, 0.6) is 0 Å². The van der Waals surface area contributed by atoms with Gasteiger partial charge in [0.05, 0.1) is 0 Å². The maximum Gasteiger partial charge on any atom is 0.325 e. The highest BCUT2D eigenvalue weighted by atomic mass is 35.5. The van der Waals surface area contributed by atoms with Gasteiger partial charge in [-0.2, -0.15) is 8.42 Å². The number of nitrogens with one attached hydrogen (secondary N) is 2. The molecule has 1 saturated heterocycles. The third-order valence-electron chi connectivity index (χ3n) is 6.12. The Bertz CT molecular complexity index is 1070. The first-order valence-corrected chi connectivity index (χ1v) is 13.7. The summed E-state index contributed by atoms with van der Waals surface area (Å²) >= 11 is 6.03. The monoisotopic (exact) mass is 545 g/mol. The summed E-state index contributed by atoms with van der Waals surface area (Å²) in [5, 5.41) is 5.74. The standard InChI is InChI=1S/C24H36ClN3O7S/c1-15(2)20(26-22(31)27-24(5,6)35-19(29)13-36(32,33)34)21(30)28-12-11-18(23(3,4)14-28)16-7-9-17(25)10-8-16/h7-10,15,18,20H,11-14H2,1-6H3,(H2,26,27,31)(H,32,33,34). The number of likely N-dealkylation sites (tertiary alicyclic amines) is 1. The van der Waals surface area contributed by atoms with Crippen LogP contribution in [0.25, 0.3) is 0 Å². The van der Waals surface area contributed by atoms with Crippen molar-refractivity contribution in [2.24, 2.45) is 11.3 Å². The van der Waals surface area contributed by atoms with Crippen LogP contribution in [-0.2, 0) is 24.4 Å². The molecule has 0 aliphatic carbocycles. The summed E-state index contributed by atoms with van der Waals surface area (Å²) in [6.45, 7) is 11.6. The summed E-state index contributed by atoms with van der Waals surface area (Å²) in [4.78, 5) is 39.6. The van der Waals surface area contributed by atoms with Crippen molar-refractivity contribution >= 4 is 39.6 Å². The van der Waals surface area contributed by atoms with Gasteiger partial charge in [-0.05, 0) is 55.2 Å². The molecule has 10 nitrogen and oxygen atoms in total. The SMILES string of the molecule is CC(C)C(NC(=O)NC(C)(C)OC(=O)CS(=O)(=O)O)C(=O)N1CCC(c2ccc(Cl)cc2)C(C)(C)C1. The van der Waals surface area contributed by atoms with Gasteiger partial charge < -0.3 is 20.3 Å². The highest BCUT2D eigenvalue weighted by molar-refractivity contribution is 7.86. The number of esters is 1. The number of nitrogens with zero attached hydrogens (tertiary/aromatic N) is 1. The number of hydrogen-bond acceptors (Lipinski definition) is 6. The molecule has 36 heavy (non-hydrogen) atoms. The Morgan fingerprint density at radius 2 is 1.81 bits per heavy atom. The fourth-order valence-corrected chi connectivity index (χ4v) is 4.99. The van der Waals surface area contributed by atoms with E-state index < -0.39 is 39.6 Å². The number of piperidine rings is 1. The molecule has 1 heterocycles. The normalized spacial score (nSPS) is 18.9. The number of halogens is 1. The van der Waals surface area contributed by atoms with Crippen LogP contribution in [0.3, 0.4) is 0 Å². The molecular formula is C24H36ClN3O7S. The third kappa shape index (κ3) is 8.63. The molecule has 2 rings (SSSR count). The Morgan fingerprint density at radius 1 is 1.22 bits per heavy atom. The minimum absolute atomic E-state index is 0.214. The lowest BCUT2D eigenvalue weighted by Gasteiger charge is -2.45. The van der Waals surface area contributed by atoms with E-state index in [0.29, 0.717) is 18.1 Å². The lowest BCUT2D eigenvalue weighted by molar-refractivity contribution is -0.155. The first-order chi connectivity index (χ1) is 16.4. The molecule has 2 atom stereocenters. The van der Waals surface area contributed by atoms with E-state index in [9.17, 15) is 22.8 Å². The predicted molar refractivity (Wildman–Crippen MR) is 136 cm³/mol. The molecule has 0 saturated carbocycles. The van der Waals surface area contributed by atoms with E-state index in [4.69, 9.17) is 20.9 Å². The molecule has 3 amide bonds. The van der Waals surface area contributed by atoms with Gasteiger partial charge >= 0.3 is 12.0 Å². The molecule has 0 radical (unpaired) electrons. The maximum atomic E-state index is 13.4. The number of amides is 3. The predicted octanol–water partition coefficient (Wildman–Crippen LogP) is 3.17. The van der Waals surface area contributed by atoms with Crippen LogP contribution >= 0.6 is 11.6 Å². The lowest BCUT2D eigenvalue weighted by atomic mass is 9.70. The van der Waals surface area contributed by atoms with Gasteiger partial charge in [0, 0.05) is 18.1 Å². The second-order valence-corrected chi connectivity index (χ2v) is 12.6. The van der Waals surface area contributed by atoms with Crippen molar-refractivity contribution in [2.45, 2.75) is 65.6 Å². The van der Waals surface area contributed by atoms with E-state index in [-0.39, 0.29) is 23.2 Å². The molecule has 12 heteroatoms. The van der Waals surface area contributed by atoms with Gasteiger partial charge in [-0.25, -0.2) is 4.79 Å². The molecular weight excluding hydrogens is 510 g/mol. The molecule has 1 aromatic carbocycles. The van der Waals surface area contributed by atoms with Crippen LogP contribution in [0.4, 0.5) is 4.79 Å². The Hall–Kier alpha value is -2.37. The first-order valence-electron chi connectivity index (χ1n) is 11.7. The highest BCUT2D eigenvalue weighted by Crippen LogP contribution is 2.42. The van der Waals surface area contributed by atoms with Crippen LogP contribution < -0.4 is 10.6 Å². The Balaban J connectivity index is 2.04. The van der Waals surface area contributed by atoms with Gasteiger partial charge in [-0.3, -0.25) is 14.1 Å². The molecule has 0 aromatic heterocycles. The van der Waals surface area contributed by atoms with E-state index >= 15 is 0 Å². The van der Waals surface area contributed by atoms with Crippen LogP contribution in [0, 0.1) is 11.3 Å². The summed E-state index contributed by atoms with van der Waals surface area (Å²) in [6.07, 6.45) is 0.758. The van der Waals surface area contributed by atoms with Crippen molar-refractivity contribution in [3.8, 4) is 0 Å². The Labute approximate surface area is 217 Å². The minimum Gasteiger partial charge on any atom is -0.439 e. The zero-order valence-corrected chi connectivity index (χ0v) is 23.1. The van der Waals surface area contributed by atoms with Crippen LogP contribution in [0.15, 0.2) is 24.3 Å². The highest BCUT2D eigenvalue weighted by Gasteiger charge is 2.41. The second-order valence-electron chi connectivity index (χ2n) is 10.7. The zero-order valence-electron chi connectivity index (χ0n) is 21.5. The quantitative estimate of drug-likeness (QED) is 0.259. The molecule has 0 spiro atoms. The number of hydrogen-bond donors (Lipinski definition) is 3. The van der Waals surface area contributed by atoms with Crippen molar-refractivity contribution in [2.75, 3.05) is 18.8 Å². The summed E-state index contributed by atoms with van der Waals surface area (Å²) in [6, 6.07) is 6.16. The van der Waals surface area contributed by atoms with Crippen molar-refractivity contribution in [1.82, 2.24) is 15.5 Å². The molecule has 1 aliphatic rings. The topological polar surface area (TPSA) is 142 Å². The average Bonchev–Trinajstić information content (AvgIpc) is 2.69. The number of rotatable bonds is 8. The number of carbonyl (C=O) groups is 3. The smallest absolute Gasteiger partial charge is 0.325 e. The average molecular weight is 546 g/mol. The molecule has 202 valence electrons. The number of ether oxygens (including phenoxy) is 1. The number of urea groups is 1. The van der Waals surface area contributed by atoms with Crippen molar-refractivity contribution < 1.29 is 32.1 Å².